The molecule has 0 amide bonds. The molecule has 0 aromatic rings. The maximum atomic E-state index is 9.44. The monoisotopic (exact) mass is 224 g/mol. The van der Waals surface area contributed by atoms with Crippen molar-refractivity contribution in [2.75, 3.05) is 19.0 Å². The van der Waals surface area contributed by atoms with E-state index < -0.39 is 18.8 Å². The molecule has 0 aliphatic heterocycles. The molecule has 3 unspecified atom stereocenters. The van der Waals surface area contributed by atoms with Crippen LogP contribution >= 0.6 is 11.8 Å². The van der Waals surface area contributed by atoms with Crippen molar-refractivity contribution >= 4 is 11.8 Å². The summed E-state index contributed by atoms with van der Waals surface area (Å²) in [5.41, 5.74) is -0.110. The summed E-state index contributed by atoms with van der Waals surface area (Å²) in [7, 11) is 0. The molecule has 0 bridgehead atoms. The Hall–Kier alpha value is 0.190. The fourth-order valence-electron chi connectivity index (χ4n) is 1.03. The maximum Gasteiger partial charge on any atom is 0.105 e. The van der Waals surface area contributed by atoms with Crippen LogP contribution in [0.1, 0.15) is 20.3 Å². The molecule has 0 saturated carbocycles. The van der Waals surface area contributed by atoms with Crippen molar-refractivity contribution in [3.8, 4) is 0 Å². The van der Waals surface area contributed by atoms with E-state index in [1.165, 1.54) is 0 Å². The molecule has 0 radical (unpaired) electrons. The van der Waals surface area contributed by atoms with Crippen LogP contribution in [0, 0.1) is 0 Å². The molecule has 4 nitrogen and oxygen atoms in total. The highest BCUT2D eigenvalue weighted by molar-refractivity contribution is 7.99. The minimum Gasteiger partial charge on any atom is -0.394 e. The molecular weight excluding hydrogens is 204 g/mol. The minimum absolute atomic E-state index is 0.110. The second kappa shape index (κ2) is 8.49. The van der Waals surface area contributed by atoms with E-state index in [1.54, 1.807) is 11.8 Å². The first kappa shape index (κ1) is 14.2. The quantitative estimate of drug-likeness (QED) is 0.514. The first-order chi connectivity index (χ1) is 6.65. The second-order valence-corrected chi connectivity index (χ2v) is 4.33. The van der Waals surface area contributed by atoms with Crippen LogP contribution < -0.4 is 0 Å². The van der Waals surface area contributed by atoms with Gasteiger partial charge in [-0.2, -0.15) is 0 Å². The molecule has 14 heavy (non-hydrogen) atoms. The molecule has 0 aliphatic carbocycles. The summed E-state index contributed by atoms with van der Waals surface area (Å²) in [5.74, 6) is 0.895. The van der Waals surface area contributed by atoms with Gasteiger partial charge in [-0.15, -0.1) is 11.8 Å². The fourth-order valence-corrected chi connectivity index (χ4v) is 1.97. The zero-order valence-corrected chi connectivity index (χ0v) is 9.54. The molecule has 0 aromatic heterocycles. The summed E-state index contributed by atoms with van der Waals surface area (Å²) in [4.78, 5) is 0. The smallest absolute Gasteiger partial charge is 0.105 e. The summed E-state index contributed by atoms with van der Waals surface area (Å²) in [5, 5.41) is 27.2. The van der Waals surface area contributed by atoms with Crippen LogP contribution in [0.4, 0.5) is 0 Å². The number of hydrogen-bond donors (Lipinski definition) is 3. The third-order valence-corrected chi connectivity index (χ3v) is 2.80. The first-order valence-corrected chi connectivity index (χ1v) is 5.90. The van der Waals surface area contributed by atoms with Crippen molar-refractivity contribution < 1.29 is 20.1 Å². The van der Waals surface area contributed by atoms with E-state index in [2.05, 4.69) is 0 Å². The topological polar surface area (TPSA) is 69.9 Å². The van der Waals surface area contributed by atoms with E-state index in [1.807, 2.05) is 13.8 Å². The van der Waals surface area contributed by atoms with Crippen LogP contribution in [0.25, 0.3) is 0 Å². The standard InChI is InChI=1S/C9H20O4S/c1-3-13-9(14-4-2)5-7(11)8(12)6-10/h7-12H,3-6H2,1-2H3. The maximum absolute atomic E-state index is 9.44. The second-order valence-electron chi connectivity index (χ2n) is 2.89. The van der Waals surface area contributed by atoms with Crippen molar-refractivity contribution in [2.45, 2.75) is 37.9 Å². The Bertz CT molecular complexity index is 128. The predicted octanol–water partition coefficient (Wildman–Crippen LogP) is 0.206. The first-order valence-electron chi connectivity index (χ1n) is 4.85. The van der Waals surface area contributed by atoms with Gasteiger partial charge >= 0.3 is 0 Å². The van der Waals surface area contributed by atoms with Crippen LogP contribution in [-0.2, 0) is 4.74 Å². The van der Waals surface area contributed by atoms with Gasteiger partial charge in [-0.1, -0.05) is 6.92 Å². The predicted molar refractivity (Wildman–Crippen MR) is 57.3 cm³/mol. The van der Waals surface area contributed by atoms with E-state index in [0.29, 0.717) is 13.0 Å². The average Bonchev–Trinajstić information content (AvgIpc) is 2.17. The fraction of sp³-hybridized carbons (Fsp3) is 1.00. The van der Waals surface area contributed by atoms with Crippen molar-refractivity contribution in [1.29, 1.82) is 0 Å². The minimum atomic E-state index is -1.07. The van der Waals surface area contributed by atoms with Crippen LogP contribution in [0.2, 0.25) is 0 Å². The van der Waals surface area contributed by atoms with Gasteiger partial charge in [-0.25, -0.2) is 0 Å². The van der Waals surface area contributed by atoms with Gasteiger partial charge < -0.3 is 20.1 Å². The van der Waals surface area contributed by atoms with Crippen LogP contribution in [-0.4, -0.2) is 51.9 Å². The third-order valence-electron chi connectivity index (χ3n) is 1.77. The van der Waals surface area contributed by atoms with E-state index >= 15 is 0 Å². The lowest BCUT2D eigenvalue weighted by Crippen LogP contribution is -2.32. The molecule has 3 atom stereocenters. The molecule has 0 fully saturated rings. The summed E-state index contributed by atoms with van der Waals surface area (Å²) in [6.07, 6.45) is -1.65. The average molecular weight is 224 g/mol. The Balaban J connectivity index is 3.87. The molecule has 5 heteroatoms. The van der Waals surface area contributed by atoms with Crippen molar-refractivity contribution in [2.24, 2.45) is 0 Å². The molecule has 3 N–H and O–H groups in total. The lowest BCUT2D eigenvalue weighted by Gasteiger charge is -2.21. The van der Waals surface area contributed by atoms with Crippen LogP contribution in [0.15, 0.2) is 0 Å². The van der Waals surface area contributed by atoms with Gasteiger partial charge in [0.2, 0.25) is 0 Å². The SMILES string of the molecule is CCOC(CC(O)C(O)CO)SCC. The van der Waals surface area contributed by atoms with Crippen LogP contribution in [0.3, 0.4) is 0 Å². The van der Waals surface area contributed by atoms with E-state index in [-0.39, 0.29) is 5.44 Å². The van der Waals surface area contributed by atoms with Crippen molar-refractivity contribution in [3.63, 3.8) is 0 Å². The highest BCUT2D eigenvalue weighted by atomic mass is 32.2. The number of thioether (sulfide) groups is 1. The number of ether oxygens (including phenoxy) is 1. The molecule has 86 valence electrons. The summed E-state index contributed by atoms with van der Waals surface area (Å²) in [6, 6.07) is 0. The summed E-state index contributed by atoms with van der Waals surface area (Å²) < 4.78 is 5.36. The Morgan fingerprint density at radius 1 is 1.21 bits per heavy atom. The summed E-state index contributed by atoms with van der Waals surface area (Å²) in [6.45, 7) is 4.06. The Morgan fingerprint density at radius 3 is 2.29 bits per heavy atom. The van der Waals surface area contributed by atoms with Gasteiger partial charge in [0.05, 0.1) is 12.7 Å². The third kappa shape index (κ3) is 5.82. The highest BCUT2D eigenvalue weighted by Crippen LogP contribution is 2.18. The van der Waals surface area contributed by atoms with E-state index in [4.69, 9.17) is 14.9 Å². The van der Waals surface area contributed by atoms with Gasteiger partial charge in [0.25, 0.3) is 0 Å². The Labute approximate surface area is 89.3 Å². The zero-order chi connectivity index (χ0) is 11.0. The number of aliphatic hydroxyl groups excluding tert-OH is 3. The van der Waals surface area contributed by atoms with Gasteiger partial charge in [0, 0.05) is 13.0 Å². The lowest BCUT2D eigenvalue weighted by atomic mass is 10.1. The largest absolute Gasteiger partial charge is 0.394 e. The number of aliphatic hydroxyl groups is 3. The Morgan fingerprint density at radius 2 is 1.86 bits per heavy atom. The molecule has 0 spiro atoms. The van der Waals surface area contributed by atoms with Crippen molar-refractivity contribution in [1.82, 2.24) is 0 Å². The highest BCUT2D eigenvalue weighted by Gasteiger charge is 2.20. The normalized spacial score (nSPS) is 17.8. The number of rotatable bonds is 8. The molecule has 0 aliphatic rings. The van der Waals surface area contributed by atoms with Gasteiger partial charge in [-0.05, 0) is 12.7 Å². The lowest BCUT2D eigenvalue weighted by molar-refractivity contribution is -0.0340. The molecule has 0 saturated heterocycles. The Kier molecular flexibility index (Phi) is 8.61. The van der Waals surface area contributed by atoms with Gasteiger partial charge in [0.15, 0.2) is 0 Å². The molecule has 0 rings (SSSR count). The van der Waals surface area contributed by atoms with E-state index in [9.17, 15) is 5.11 Å². The van der Waals surface area contributed by atoms with Gasteiger partial charge in [0.1, 0.15) is 11.5 Å². The summed E-state index contributed by atoms with van der Waals surface area (Å²) >= 11 is 1.58. The molecular formula is C9H20O4S. The molecule has 0 heterocycles. The number of hydrogen-bond acceptors (Lipinski definition) is 5. The van der Waals surface area contributed by atoms with Crippen LogP contribution in [0.5, 0.6) is 0 Å². The zero-order valence-electron chi connectivity index (χ0n) is 8.72. The van der Waals surface area contributed by atoms with Crippen molar-refractivity contribution in [3.05, 3.63) is 0 Å². The van der Waals surface area contributed by atoms with E-state index in [0.717, 1.165) is 5.75 Å². The molecule has 0 aromatic carbocycles. The van der Waals surface area contributed by atoms with Gasteiger partial charge in [-0.3, -0.25) is 0 Å².